The van der Waals surface area contributed by atoms with Crippen molar-refractivity contribution in [2.75, 3.05) is 25.1 Å². The minimum atomic E-state index is -0.796. The minimum absolute atomic E-state index is 0.0311. The van der Waals surface area contributed by atoms with Crippen molar-refractivity contribution in [3.8, 4) is 17.6 Å². The van der Waals surface area contributed by atoms with Crippen molar-refractivity contribution in [3.05, 3.63) is 17.2 Å². The summed E-state index contributed by atoms with van der Waals surface area (Å²) in [6.45, 7) is 2.77. The lowest BCUT2D eigenvalue weighted by molar-refractivity contribution is -0.120. The maximum Gasteiger partial charge on any atom is 0.240 e. The molecule has 1 aliphatic heterocycles. The summed E-state index contributed by atoms with van der Waals surface area (Å²) in [5.41, 5.74) is -0.203. The number of ether oxygens (including phenoxy) is 2. The van der Waals surface area contributed by atoms with Gasteiger partial charge in [0.2, 0.25) is 5.91 Å². The van der Waals surface area contributed by atoms with Gasteiger partial charge in [0.1, 0.15) is 18.8 Å². The monoisotopic (exact) mass is 335 g/mol. The molecule has 0 saturated heterocycles. The molecule has 1 atom stereocenters. The van der Waals surface area contributed by atoms with E-state index in [4.69, 9.17) is 21.1 Å². The van der Waals surface area contributed by atoms with Crippen molar-refractivity contribution in [1.82, 2.24) is 5.32 Å². The molecule has 1 fully saturated rings. The van der Waals surface area contributed by atoms with Crippen LogP contribution in [0.15, 0.2) is 12.1 Å². The summed E-state index contributed by atoms with van der Waals surface area (Å²) < 4.78 is 10.9. The molecule has 1 heterocycles. The molecule has 0 unspecified atom stereocenters. The zero-order valence-corrected chi connectivity index (χ0v) is 13.6. The first-order valence-electron chi connectivity index (χ1n) is 7.57. The lowest BCUT2D eigenvalue weighted by Crippen LogP contribution is -2.48. The van der Waals surface area contributed by atoms with Crippen LogP contribution in [0.1, 0.15) is 19.8 Å². The van der Waals surface area contributed by atoms with Crippen LogP contribution in [-0.4, -0.2) is 31.2 Å². The van der Waals surface area contributed by atoms with Gasteiger partial charge in [-0.15, -0.1) is 0 Å². The number of hydrogen-bond acceptors (Lipinski definition) is 5. The molecule has 3 rings (SSSR count). The first kappa shape index (κ1) is 15.8. The molecule has 7 heteroatoms. The normalized spacial score (nSPS) is 18.5. The summed E-state index contributed by atoms with van der Waals surface area (Å²) >= 11 is 6.18. The second-order valence-corrected chi connectivity index (χ2v) is 6.37. The van der Waals surface area contributed by atoms with Crippen LogP contribution in [0.4, 0.5) is 5.69 Å². The van der Waals surface area contributed by atoms with Gasteiger partial charge in [-0.25, -0.2) is 0 Å². The van der Waals surface area contributed by atoms with E-state index in [9.17, 15) is 10.1 Å². The molecule has 1 aromatic carbocycles. The molecule has 0 spiro atoms. The molecule has 1 amide bonds. The van der Waals surface area contributed by atoms with Gasteiger partial charge < -0.3 is 20.1 Å². The number of rotatable bonds is 5. The maximum absolute atomic E-state index is 12.1. The molecule has 2 aliphatic rings. The van der Waals surface area contributed by atoms with E-state index in [1.165, 1.54) is 0 Å². The molecule has 0 radical (unpaired) electrons. The summed E-state index contributed by atoms with van der Waals surface area (Å²) in [6, 6.07) is 5.58. The molecule has 1 aliphatic carbocycles. The Morgan fingerprint density at radius 3 is 2.65 bits per heavy atom. The van der Waals surface area contributed by atoms with Crippen LogP contribution in [-0.2, 0) is 4.79 Å². The molecule has 122 valence electrons. The van der Waals surface area contributed by atoms with Crippen LogP contribution in [0.2, 0.25) is 5.02 Å². The van der Waals surface area contributed by atoms with E-state index in [1.807, 2.05) is 0 Å². The lowest BCUT2D eigenvalue weighted by Gasteiger charge is -2.23. The average Bonchev–Trinajstić information content (AvgIpc) is 3.38. The smallest absolute Gasteiger partial charge is 0.240 e. The number of amides is 1. The Kier molecular flexibility index (Phi) is 4.22. The number of nitriles is 1. The SMILES string of the molecule is C[C@](C#N)(NC(=O)CNc1cc2c(cc1Cl)OCCO2)C1CC1. The van der Waals surface area contributed by atoms with Gasteiger partial charge in [-0.1, -0.05) is 11.6 Å². The number of nitrogens with zero attached hydrogens (tertiary/aromatic N) is 1. The number of benzene rings is 1. The second-order valence-electron chi connectivity index (χ2n) is 5.97. The fourth-order valence-corrected chi connectivity index (χ4v) is 2.81. The summed E-state index contributed by atoms with van der Waals surface area (Å²) in [5, 5.41) is 15.5. The zero-order valence-electron chi connectivity index (χ0n) is 12.8. The minimum Gasteiger partial charge on any atom is -0.486 e. The third-order valence-electron chi connectivity index (χ3n) is 4.10. The van der Waals surface area contributed by atoms with Crippen molar-refractivity contribution in [3.63, 3.8) is 0 Å². The summed E-state index contributed by atoms with van der Waals surface area (Å²) in [7, 11) is 0. The van der Waals surface area contributed by atoms with Gasteiger partial charge >= 0.3 is 0 Å². The highest BCUT2D eigenvalue weighted by molar-refractivity contribution is 6.33. The third-order valence-corrected chi connectivity index (χ3v) is 4.41. The number of carbonyl (C=O) groups excluding carboxylic acids is 1. The molecular formula is C16H18ClN3O3. The van der Waals surface area contributed by atoms with Crippen LogP contribution in [0.5, 0.6) is 11.5 Å². The van der Waals surface area contributed by atoms with Crippen molar-refractivity contribution < 1.29 is 14.3 Å². The van der Waals surface area contributed by atoms with Gasteiger partial charge in [-0.3, -0.25) is 4.79 Å². The Morgan fingerprint density at radius 2 is 2.04 bits per heavy atom. The number of halogens is 1. The molecule has 23 heavy (non-hydrogen) atoms. The molecule has 2 N–H and O–H groups in total. The number of hydrogen-bond donors (Lipinski definition) is 2. The van der Waals surface area contributed by atoms with E-state index >= 15 is 0 Å². The van der Waals surface area contributed by atoms with Crippen LogP contribution in [0.3, 0.4) is 0 Å². The molecule has 0 aromatic heterocycles. The van der Waals surface area contributed by atoms with Gasteiger partial charge in [-0.05, 0) is 25.7 Å². The molecule has 1 saturated carbocycles. The van der Waals surface area contributed by atoms with E-state index in [2.05, 4.69) is 16.7 Å². The fraction of sp³-hybridized carbons (Fsp3) is 0.500. The Bertz CT molecular complexity index is 669. The molecule has 0 bridgehead atoms. The zero-order chi connectivity index (χ0) is 16.4. The predicted molar refractivity (Wildman–Crippen MR) is 85.8 cm³/mol. The van der Waals surface area contributed by atoms with E-state index in [1.54, 1.807) is 19.1 Å². The van der Waals surface area contributed by atoms with Crippen LogP contribution in [0, 0.1) is 17.2 Å². The van der Waals surface area contributed by atoms with E-state index in [-0.39, 0.29) is 18.4 Å². The predicted octanol–water partition coefficient (Wildman–Crippen LogP) is 2.33. The van der Waals surface area contributed by atoms with Crippen molar-refractivity contribution in [2.45, 2.75) is 25.3 Å². The second kappa shape index (κ2) is 6.17. The highest BCUT2D eigenvalue weighted by Crippen LogP contribution is 2.39. The van der Waals surface area contributed by atoms with E-state index < -0.39 is 5.54 Å². The number of nitrogens with one attached hydrogen (secondary N) is 2. The lowest BCUT2D eigenvalue weighted by atomic mass is 9.98. The van der Waals surface area contributed by atoms with Crippen molar-refractivity contribution >= 4 is 23.2 Å². The van der Waals surface area contributed by atoms with Crippen LogP contribution >= 0.6 is 11.6 Å². The third kappa shape index (κ3) is 3.45. The largest absolute Gasteiger partial charge is 0.486 e. The van der Waals surface area contributed by atoms with Crippen molar-refractivity contribution in [2.24, 2.45) is 5.92 Å². The van der Waals surface area contributed by atoms with Gasteiger partial charge in [0, 0.05) is 12.1 Å². The van der Waals surface area contributed by atoms with Crippen LogP contribution in [0.25, 0.3) is 0 Å². The Morgan fingerprint density at radius 1 is 1.39 bits per heavy atom. The highest BCUT2D eigenvalue weighted by Gasteiger charge is 2.42. The quantitative estimate of drug-likeness (QED) is 0.862. The standard InChI is InChI=1S/C16H18ClN3O3/c1-16(9-18,10-2-3-10)20-15(21)8-19-12-7-14-13(6-11(12)17)22-4-5-23-14/h6-7,10,19H,2-5,8H2,1H3,(H,20,21)/t16-/m1/s1. The molecule has 1 aromatic rings. The topological polar surface area (TPSA) is 83.4 Å². The summed E-state index contributed by atoms with van der Waals surface area (Å²) in [4.78, 5) is 12.1. The number of fused-ring (bicyclic) bond motifs is 1. The maximum atomic E-state index is 12.1. The molecular weight excluding hydrogens is 318 g/mol. The Hall–Kier alpha value is -2.13. The number of anilines is 1. The van der Waals surface area contributed by atoms with Crippen LogP contribution < -0.4 is 20.1 Å². The van der Waals surface area contributed by atoms with Gasteiger partial charge in [0.15, 0.2) is 11.5 Å². The average molecular weight is 336 g/mol. The first-order valence-corrected chi connectivity index (χ1v) is 7.95. The van der Waals surface area contributed by atoms with Crippen molar-refractivity contribution in [1.29, 1.82) is 5.26 Å². The molecule has 6 nitrogen and oxygen atoms in total. The Labute approximate surface area is 139 Å². The van der Waals surface area contributed by atoms with E-state index in [0.29, 0.717) is 35.4 Å². The van der Waals surface area contributed by atoms with Gasteiger partial charge in [0.25, 0.3) is 0 Å². The highest BCUT2D eigenvalue weighted by atomic mass is 35.5. The fourth-order valence-electron chi connectivity index (χ4n) is 2.59. The van der Waals surface area contributed by atoms with Gasteiger partial charge in [0.05, 0.1) is 23.3 Å². The van der Waals surface area contributed by atoms with Gasteiger partial charge in [-0.2, -0.15) is 5.26 Å². The first-order chi connectivity index (χ1) is 11.0. The summed E-state index contributed by atoms with van der Waals surface area (Å²) in [5.74, 6) is 1.20. The number of carbonyl (C=O) groups is 1. The van der Waals surface area contributed by atoms with E-state index in [0.717, 1.165) is 12.8 Å². The Balaban J connectivity index is 1.62. The summed E-state index contributed by atoms with van der Waals surface area (Å²) in [6.07, 6.45) is 1.96.